The fourth-order valence-electron chi connectivity index (χ4n) is 2.80. The van der Waals surface area contributed by atoms with Crippen LogP contribution in [0.3, 0.4) is 0 Å². The zero-order valence-electron chi connectivity index (χ0n) is 13.7. The highest BCUT2D eigenvalue weighted by Gasteiger charge is 2.25. The second-order valence-corrected chi connectivity index (χ2v) is 6.82. The fourth-order valence-corrected chi connectivity index (χ4v) is 2.80. The largest absolute Gasteiger partial charge is 0.350 e. The van der Waals surface area contributed by atoms with Crippen LogP contribution in [0, 0.1) is 0 Å². The standard InChI is InChI=1S/C18H28N2O/c1-5-18(3,4)20-17(21)13(2)19-16-11-10-14-8-6-7-9-15(14)12-16/h6-9,13,16,19H,5,10-12H2,1-4H3,(H,20,21). The van der Waals surface area contributed by atoms with Gasteiger partial charge in [0.1, 0.15) is 0 Å². The summed E-state index contributed by atoms with van der Waals surface area (Å²) in [5, 5.41) is 6.61. The Morgan fingerprint density at radius 2 is 2.00 bits per heavy atom. The minimum atomic E-state index is -0.147. The average molecular weight is 288 g/mol. The quantitative estimate of drug-likeness (QED) is 0.875. The van der Waals surface area contributed by atoms with Crippen molar-refractivity contribution >= 4 is 5.91 Å². The van der Waals surface area contributed by atoms with E-state index in [1.807, 2.05) is 6.92 Å². The first kappa shape index (κ1) is 16.0. The minimum Gasteiger partial charge on any atom is -0.350 e. The van der Waals surface area contributed by atoms with Gasteiger partial charge in [-0.05, 0) is 57.6 Å². The predicted molar refractivity (Wildman–Crippen MR) is 87.4 cm³/mol. The van der Waals surface area contributed by atoms with Gasteiger partial charge >= 0.3 is 0 Å². The van der Waals surface area contributed by atoms with Gasteiger partial charge in [0, 0.05) is 11.6 Å². The van der Waals surface area contributed by atoms with Gasteiger partial charge < -0.3 is 10.6 Å². The molecule has 0 saturated heterocycles. The SMILES string of the molecule is CCC(C)(C)NC(=O)C(C)NC1CCc2ccccc2C1. The van der Waals surface area contributed by atoms with E-state index in [0.717, 1.165) is 25.7 Å². The molecule has 1 aromatic carbocycles. The molecule has 0 fully saturated rings. The van der Waals surface area contributed by atoms with Crippen LogP contribution in [-0.2, 0) is 17.6 Å². The van der Waals surface area contributed by atoms with Crippen LogP contribution >= 0.6 is 0 Å². The van der Waals surface area contributed by atoms with Gasteiger partial charge in [-0.3, -0.25) is 4.79 Å². The maximum atomic E-state index is 12.3. The monoisotopic (exact) mass is 288 g/mol. The second kappa shape index (κ2) is 6.61. The van der Waals surface area contributed by atoms with Crippen molar-refractivity contribution in [3.8, 4) is 0 Å². The third-order valence-electron chi connectivity index (χ3n) is 4.57. The molecule has 1 aliphatic carbocycles. The molecule has 3 heteroatoms. The van der Waals surface area contributed by atoms with E-state index in [1.165, 1.54) is 11.1 Å². The highest BCUT2D eigenvalue weighted by Crippen LogP contribution is 2.21. The Labute approximate surface area is 128 Å². The van der Waals surface area contributed by atoms with Crippen LogP contribution in [0.4, 0.5) is 0 Å². The van der Waals surface area contributed by atoms with E-state index in [4.69, 9.17) is 0 Å². The molecule has 1 aromatic rings. The molecule has 0 radical (unpaired) electrons. The fraction of sp³-hybridized carbons (Fsp3) is 0.611. The van der Waals surface area contributed by atoms with E-state index in [2.05, 4.69) is 55.7 Å². The van der Waals surface area contributed by atoms with Crippen molar-refractivity contribution in [3.63, 3.8) is 0 Å². The van der Waals surface area contributed by atoms with Crippen molar-refractivity contribution in [2.75, 3.05) is 0 Å². The first-order valence-corrected chi connectivity index (χ1v) is 8.06. The maximum Gasteiger partial charge on any atom is 0.237 e. The van der Waals surface area contributed by atoms with Gasteiger partial charge in [0.15, 0.2) is 0 Å². The van der Waals surface area contributed by atoms with E-state index in [9.17, 15) is 4.79 Å². The lowest BCUT2D eigenvalue weighted by atomic mass is 9.88. The zero-order valence-corrected chi connectivity index (χ0v) is 13.7. The van der Waals surface area contributed by atoms with Crippen LogP contribution in [0.15, 0.2) is 24.3 Å². The molecule has 0 aliphatic heterocycles. The lowest BCUT2D eigenvalue weighted by Gasteiger charge is -2.30. The number of carbonyl (C=O) groups is 1. The zero-order chi connectivity index (χ0) is 15.5. The molecule has 0 heterocycles. The van der Waals surface area contributed by atoms with Gasteiger partial charge in [-0.1, -0.05) is 31.2 Å². The number of benzene rings is 1. The Bertz CT molecular complexity index is 496. The number of fused-ring (bicyclic) bond motifs is 1. The van der Waals surface area contributed by atoms with Crippen LogP contribution in [0.25, 0.3) is 0 Å². The number of hydrogen-bond donors (Lipinski definition) is 2. The van der Waals surface area contributed by atoms with Gasteiger partial charge in [0.05, 0.1) is 6.04 Å². The van der Waals surface area contributed by atoms with Gasteiger partial charge in [0.2, 0.25) is 5.91 Å². The number of rotatable bonds is 5. The Morgan fingerprint density at radius 3 is 2.67 bits per heavy atom. The molecule has 1 amide bonds. The molecular weight excluding hydrogens is 260 g/mol. The molecule has 2 rings (SSSR count). The summed E-state index contributed by atoms with van der Waals surface area (Å²) < 4.78 is 0. The van der Waals surface area contributed by atoms with Gasteiger partial charge in [-0.25, -0.2) is 0 Å². The Kier molecular flexibility index (Phi) is 5.04. The molecule has 3 nitrogen and oxygen atoms in total. The highest BCUT2D eigenvalue weighted by molar-refractivity contribution is 5.82. The van der Waals surface area contributed by atoms with Crippen molar-refractivity contribution in [1.82, 2.24) is 10.6 Å². The van der Waals surface area contributed by atoms with Crippen LogP contribution in [0.2, 0.25) is 0 Å². The lowest BCUT2D eigenvalue weighted by Crippen LogP contribution is -2.53. The molecule has 2 N–H and O–H groups in total. The van der Waals surface area contributed by atoms with Gasteiger partial charge in [0.25, 0.3) is 0 Å². The first-order chi connectivity index (χ1) is 9.91. The van der Waals surface area contributed by atoms with Crippen molar-refractivity contribution in [1.29, 1.82) is 0 Å². The summed E-state index contributed by atoms with van der Waals surface area (Å²) in [6.45, 7) is 8.18. The lowest BCUT2D eigenvalue weighted by molar-refractivity contribution is -0.124. The summed E-state index contributed by atoms with van der Waals surface area (Å²) in [6, 6.07) is 8.87. The number of amides is 1. The average Bonchev–Trinajstić information content (AvgIpc) is 2.46. The third kappa shape index (κ3) is 4.31. The molecule has 0 aromatic heterocycles. The summed E-state index contributed by atoms with van der Waals surface area (Å²) in [7, 11) is 0. The number of nitrogens with one attached hydrogen (secondary N) is 2. The number of hydrogen-bond acceptors (Lipinski definition) is 2. The van der Waals surface area contributed by atoms with Crippen LogP contribution in [-0.4, -0.2) is 23.5 Å². The van der Waals surface area contributed by atoms with Gasteiger partial charge in [-0.15, -0.1) is 0 Å². The number of carbonyl (C=O) groups excluding carboxylic acids is 1. The Morgan fingerprint density at radius 1 is 1.33 bits per heavy atom. The van der Waals surface area contributed by atoms with E-state index >= 15 is 0 Å². The molecule has 2 atom stereocenters. The van der Waals surface area contributed by atoms with Crippen LogP contribution in [0.5, 0.6) is 0 Å². The summed E-state index contributed by atoms with van der Waals surface area (Å²) in [5.74, 6) is 0.0979. The summed E-state index contributed by atoms with van der Waals surface area (Å²) >= 11 is 0. The summed E-state index contributed by atoms with van der Waals surface area (Å²) in [4.78, 5) is 12.3. The molecule has 0 spiro atoms. The van der Waals surface area contributed by atoms with E-state index in [0.29, 0.717) is 6.04 Å². The third-order valence-corrected chi connectivity index (χ3v) is 4.57. The molecular formula is C18H28N2O. The molecule has 1 aliphatic rings. The van der Waals surface area contributed by atoms with E-state index in [1.54, 1.807) is 0 Å². The van der Waals surface area contributed by atoms with E-state index < -0.39 is 0 Å². The van der Waals surface area contributed by atoms with Crippen LogP contribution in [0.1, 0.15) is 51.7 Å². The van der Waals surface area contributed by atoms with Crippen molar-refractivity contribution < 1.29 is 4.79 Å². The normalized spacial score (nSPS) is 19.7. The molecule has 116 valence electrons. The van der Waals surface area contributed by atoms with Gasteiger partial charge in [-0.2, -0.15) is 0 Å². The molecule has 0 saturated carbocycles. The van der Waals surface area contributed by atoms with Crippen molar-refractivity contribution in [2.24, 2.45) is 0 Å². The van der Waals surface area contributed by atoms with Crippen molar-refractivity contribution in [2.45, 2.75) is 71.0 Å². The minimum absolute atomic E-state index is 0.0979. The smallest absolute Gasteiger partial charge is 0.237 e. The van der Waals surface area contributed by atoms with Crippen LogP contribution < -0.4 is 10.6 Å². The summed E-state index contributed by atoms with van der Waals surface area (Å²) in [5.41, 5.74) is 2.74. The number of aryl methyl sites for hydroxylation is 1. The second-order valence-electron chi connectivity index (χ2n) is 6.82. The first-order valence-electron chi connectivity index (χ1n) is 8.06. The Hall–Kier alpha value is -1.35. The molecule has 2 unspecified atom stereocenters. The topological polar surface area (TPSA) is 41.1 Å². The Balaban J connectivity index is 1.89. The maximum absolute atomic E-state index is 12.3. The highest BCUT2D eigenvalue weighted by atomic mass is 16.2. The molecule has 21 heavy (non-hydrogen) atoms. The summed E-state index contributed by atoms with van der Waals surface area (Å²) in [6.07, 6.45) is 4.15. The predicted octanol–water partition coefficient (Wildman–Crippen LogP) is 2.83. The van der Waals surface area contributed by atoms with E-state index in [-0.39, 0.29) is 17.5 Å². The van der Waals surface area contributed by atoms with Crippen molar-refractivity contribution in [3.05, 3.63) is 35.4 Å². The molecule has 0 bridgehead atoms.